The molecule has 1 heterocycles. The van der Waals surface area contributed by atoms with Crippen molar-refractivity contribution >= 4 is 27.3 Å². The van der Waals surface area contributed by atoms with Crippen LogP contribution in [0.3, 0.4) is 0 Å². The Hall–Kier alpha value is -3.14. The molecule has 1 aliphatic heterocycles. The van der Waals surface area contributed by atoms with E-state index in [0.29, 0.717) is 13.1 Å². The van der Waals surface area contributed by atoms with Crippen LogP contribution in [-0.4, -0.2) is 50.6 Å². The van der Waals surface area contributed by atoms with Gasteiger partial charge < -0.3 is 9.64 Å². The molecule has 3 rings (SSSR count). The van der Waals surface area contributed by atoms with E-state index >= 15 is 0 Å². The Balaban J connectivity index is 1.70. The fourth-order valence-corrected chi connectivity index (χ4v) is 4.65. The van der Waals surface area contributed by atoms with Crippen molar-refractivity contribution in [2.75, 3.05) is 30.8 Å². The second kappa shape index (κ2) is 9.34. The molecule has 1 amide bonds. The molecule has 0 atom stereocenters. The Morgan fingerprint density at radius 3 is 2.58 bits per heavy atom. The third-order valence-corrected chi connectivity index (χ3v) is 6.46. The molecule has 2 aromatic carbocycles. The molecular weight excluding hydrogens is 422 g/mol. The summed E-state index contributed by atoms with van der Waals surface area (Å²) in [6, 6.07) is 11.8. The van der Waals surface area contributed by atoms with Crippen LogP contribution in [0.15, 0.2) is 42.5 Å². The van der Waals surface area contributed by atoms with Gasteiger partial charge in [-0.2, -0.15) is 0 Å². The first-order valence-electron chi connectivity index (χ1n) is 9.85. The van der Waals surface area contributed by atoms with E-state index in [9.17, 15) is 23.3 Å². The summed E-state index contributed by atoms with van der Waals surface area (Å²) < 4.78 is 31.1. The average molecular weight is 448 g/mol. The van der Waals surface area contributed by atoms with Gasteiger partial charge in [-0.3, -0.25) is 19.2 Å². The van der Waals surface area contributed by atoms with Crippen molar-refractivity contribution in [3.63, 3.8) is 0 Å². The van der Waals surface area contributed by atoms with Gasteiger partial charge in [-0.25, -0.2) is 8.42 Å². The number of rotatable bonds is 8. The molecule has 1 aliphatic rings. The van der Waals surface area contributed by atoms with Crippen LogP contribution in [0.25, 0.3) is 0 Å². The van der Waals surface area contributed by atoms with Crippen molar-refractivity contribution in [2.45, 2.75) is 25.8 Å². The van der Waals surface area contributed by atoms with Crippen LogP contribution in [0.5, 0.6) is 5.75 Å². The van der Waals surface area contributed by atoms with Gasteiger partial charge in [-0.15, -0.1) is 0 Å². The molecule has 0 fully saturated rings. The number of ether oxygens (including phenoxy) is 1. The SMILES string of the molecule is COc1ccc([N+](=O)[O-])cc1N(CCCC(=O)N1CCc2ccccc2C1)S(C)(=O)=O. The summed E-state index contributed by atoms with van der Waals surface area (Å²) in [5, 5.41) is 11.1. The molecule has 0 saturated heterocycles. The topological polar surface area (TPSA) is 110 Å². The number of fused-ring (bicyclic) bond motifs is 1. The summed E-state index contributed by atoms with van der Waals surface area (Å²) in [7, 11) is -2.39. The maximum atomic E-state index is 12.7. The first kappa shape index (κ1) is 22.5. The maximum absolute atomic E-state index is 12.7. The van der Waals surface area contributed by atoms with Crippen LogP contribution < -0.4 is 9.04 Å². The zero-order valence-corrected chi connectivity index (χ0v) is 18.3. The number of hydrogen-bond acceptors (Lipinski definition) is 6. The van der Waals surface area contributed by atoms with Gasteiger partial charge in [-0.05, 0) is 30.0 Å². The summed E-state index contributed by atoms with van der Waals surface area (Å²) in [4.78, 5) is 25.0. The second-order valence-electron chi connectivity index (χ2n) is 7.39. The first-order chi connectivity index (χ1) is 14.7. The van der Waals surface area contributed by atoms with E-state index in [2.05, 4.69) is 6.07 Å². The number of carbonyl (C=O) groups excluding carboxylic acids is 1. The fraction of sp³-hybridized carbons (Fsp3) is 0.381. The van der Waals surface area contributed by atoms with Gasteiger partial charge in [0, 0.05) is 38.2 Å². The Kier molecular flexibility index (Phi) is 6.79. The minimum atomic E-state index is -3.75. The number of benzene rings is 2. The van der Waals surface area contributed by atoms with Crippen LogP contribution in [0, 0.1) is 10.1 Å². The number of methoxy groups -OCH3 is 1. The fourth-order valence-electron chi connectivity index (χ4n) is 3.69. The minimum Gasteiger partial charge on any atom is -0.495 e. The number of nitrogens with zero attached hydrogens (tertiary/aromatic N) is 3. The van der Waals surface area contributed by atoms with Crippen molar-refractivity contribution in [3.05, 3.63) is 63.7 Å². The monoisotopic (exact) mass is 447 g/mol. The largest absolute Gasteiger partial charge is 0.495 e. The summed E-state index contributed by atoms with van der Waals surface area (Å²) in [5.41, 5.74) is 2.21. The molecule has 0 aliphatic carbocycles. The molecule has 0 unspecified atom stereocenters. The molecule has 0 radical (unpaired) electrons. The number of hydrogen-bond donors (Lipinski definition) is 0. The molecule has 0 saturated carbocycles. The van der Waals surface area contributed by atoms with E-state index in [1.54, 1.807) is 4.90 Å². The van der Waals surface area contributed by atoms with Crippen molar-refractivity contribution in [3.8, 4) is 5.75 Å². The van der Waals surface area contributed by atoms with E-state index in [0.717, 1.165) is 22.5 Å². The van der Waals surface area contributed by atoms with E-state index < -0.39 is 14.9 Å². The predicted octanol–water partition coefficient (Wildman–Crippen LogP) is 2.73. The number of nitro benzene ring substituents is 1. The van der Waals surface area contributed by atoms with Crippen molar-refractivity contribution < 1.29 is 22.9 Å². The lowest BCUT2D eigenvalue weighted by Crippen LogP contribution is -2.37. The Labute approximate surface area is 181 Å². The van der Waals surface area contributed by atoms with Crippen LogP contribution in [0.1, 0.15) is 24.0 Å². The molecule has 0 aromatic heterocycles. The summed E-state index contributed by atoms with van der Waals surface area (Å²) in [6.07, 6.45) is 2.26. The highest BCUT2D eigenvalue weighted by atomic mass is 32.2. The van der Waals surface area contributed by atoms with E-state index in [-0.39, 0.29) is 42.4 Å². The van der Waals surface area contributed by atoms with Crippen LogP contribution in [0.4, 0.5) is 11.4 Å². The van der Waals surface area contributed by atoms with Gasteiger partial charge in [-0.1, -0.05) is 24.3 Å². The molecule has 10 heteroatoms. The smallest absolute Gasteiger partial charge is 0.271 e. The molecule has 9 nitrogen and oxygen atoms in total. The highest BCUT2D eigenvalue weighted by Crippen LogP contribution is 2.34. The van der Waals surface area contributed by atoms with Gasteiger partial charge in [0.15, 0.2) is 0 Å². The molecule has 166 valence electrons. The third kappa shape index (κ3) is 5.32. The zero-order chi connectivity index (χ0) is 22.6. The number of amides is 1. The quantitative estimate of drug-likeness (QED) is 0.455. The predicted molar refractivity (Wildman–Crippen MR) is 117 cm³/mol. The Bertz CT molecular complexity index is 1090. The van der Waals surface area contributed by atoms with Gasteiger partial charge in [0.25, 0.3) is 5.69 Å². The lowest BCUT2D eigenvalue weighted by molar-refractivity contribution is -0.384. The van der Waals surface area contributed by atoms with Gasteiger partial charge in [0.1, 0.15) is 11.4 Å². The van der Waals surface area contributed by atoms with Crippen LogP contribution >= 0.6 is 0 Å². The number of sulfonamides is 1. The standard InChI is InChI=1S/C21H25N3O6S/c1-30-20-10-9-18(24(26)27)14-19(20)23(31(2,28)29)12-5-8-21(25)22-13-11-16-6-3-4-7-17(16)15-22/h3-4,6-7,9-10,14H,5,8,11-13,15H2,1-2H3. The molecule has 0 N–H and O–H groups in total. The minimum absolute atomic E-state index is 0.00648. The van der Waals surface area contributed by atoms with Gasteiger partial charge in [0.2, 0.25) is 15.9 Å². The lowest BCUT2D eigenvalue weighted by Gasteiger charge is -2.29. The molecule has 31 heavy (non-hydrogen) atoms. The van der Waals surface area contributed by atoms with Gasteiger partial charge in [0.05, 0.1) is 18.3 Å². The van der Waals surface area contributed by atoms with Crippen molar-refractivity contribution in [1.29, 1.82) is 0 Å². The first-order valence-corrected chi connectivity index (χ1v) is 11.7. The third-order valence-electron chi connectivity index (χ3n) is 5.28. The maximum Gasteiger partial charge on any atom is 0.271 e. The zero-order valence-electron chi connectivity index (χ0n) is 17.5. The van der Waals surface area contributed by atoms with Crippen molar-refractivity contribution in [2.24, 2.45) is 0 Å². The van der Waals surface area contributed by atoms with Crippen LogP contribution in [-0.2, 0) is 27.8 Å². The molecule has 0 spiro atoms. The van der Waals surface area contributed by atoms with E-state index in [4.69, 9.17) is 4.74 Å². The highest BCUT2D eigenvalue weighted by molar-refractivity contribution is 7.92. The van der Waals surface area contributed by atoms with Gasteiger partial charge >= 0.3 is 0 Å². The second-order valence-corrected chi connectivity index (χ2v) is 9.29. The van der Waals surface area contributed by atoms with E-state index in [1.165, 1.54) is 30.9 Å². The van der Waals surface area contributed by atoms with Crippen LogP contribution in [0.2, 0.25) is 0 Å². The normalized spacial score (nSPS) is 13.4. The summed E-state index contributed by atoms with van der Waals surface area (Å²) >= 11 is 0. The number of anilines is 1. The summed E-state index contributed by atoms with van der Waals surface area (Å²) in [5.74, 6) is 0.156. The average Bonchev–Trinajstić information content (AvgIpc) is 2.74. The molecule has 2 aromatic rings. The number of nitro groups is 1. The highest BCUT2D eigenvalue weighted by Gasteiger charge is 2.25. The number of carbonyl (C=O) groups is 1. The number of non-ortho nitro benzene ring substituents is 1. The Morgan fingerprint density at radius 2 is 1.94 bits per heavy atom. The van der Waals surface area contributed by atoms with E-state index in [1.807, 2.05) is 18.2 Å². The lowest BCUT2D eigenvalue weighted by atomic mass is 9.99. The Morgan fingerprint density at radius 1 is 1.23 bits per heavy atom. The van der Waals surface area contributed by atoms with Crippen molar-refractivity contribution in [1.82, 2.24) is 4.90 Å². The summed E-state index contributed by atoms with van der Waals surface area (Å²) in [6.45, 7) is 1.18. The molecular formula is C21H25N3O6S. The molecule has 0 bridgehead atoms.